The number of hydrogen-bond donors (Lipinski definition) is 3. The van der Waals surface area contributed by atoms with Crippen LogP contribution in [0.25, 0.3) is 0 Å². The van der Waals surface area contributed by atoms with Crippen molar-refractivity contribution in [2.24, 2.45) is 10.9 Å². The van der Waals surface area contributed by atoms with Crippen molar-refractivity contribution >= 4 is 11.7 Å². The van der Waals surface area contributed by atoms with E-state index >= 15 is 0 Å². The van der Waals surface area contributed by atoms with Crippen LogP contribution < -0.4 is 15.8 Å². The molecule has 0 heterocycles. The van der Waals surface area contributed by atoms with Crippen molar-refractivity contribution < 1.29 is 14.7 Å². The maximum absolute atomic E-state index is 11.8. The summed E-state index contributed by atoms with van der Waals surface area (Å²) in [5.74, 6) is 0.221. The number of ether oxygens (including phenoxy) is 1. The fourth-order valence-electron chi connectivity index (χ4n) is 1.20. The Bertz CT molecular complexity index is 432. The van der Waals surface area contributed by atoms with Crippen molar-refractivity contribution in [2.45, 2.75) is 13.0 Å². The molecule has 1 aromatic carbocycles. The molecular weight excluding hydrogens is 222 g/mol. The molecule has 0 aliphatic carbocycles. The zero-order valence-electron chi connectivity index (χ0n) is 9.68. The minimum atomic E-state index is -0.543. The number of carbonyl (C=O) groups excluding carboxylic acids is 1. The number of nitrogens with one attached hydrogen (secondary N) is 1. The van der Waals surface area contributed by atoms with Crippen LogP contribution in [0.5, 0.6) is 5.75 Å². The SMILES string of the molecule is COc1cccc(C(=O)NC(C)/C(N)=N/O)c1. The predicted molar refractivity (Wildman–Crippen MR) is 63.3 cm³/mol. The van der Waals surface area contributed by atoms with Crippen LogP contribution in [0.1, 0.15) is 17.3 Å². The van der Waals surface area contributed by atoms with Gasteiger partial charge in [-0.25, -0.2) is 0 Å². The first kappa shape index (κ1) is 12.8. The van der Waals surface area contributed by atoms with Crippen LogP contribution >= 0.6 is 0 Å². The molecule has 1 aromatic rings. The smallest absolute Gasteiger partial charge is 0.251 e. The lowest BCUT2D eigenvalue weighted by Gasteiger charge is -2.12. The molecular formula is C11H15N3O3. The van der Waals surface area contributed by atoms with E-state index in [4.69, 9.17) is 15.7 Å². The van der Waals surface area contributed by atoms with E-state index in [-0.39, 0.29) is 11.7 Å². The second-order valence-electron chi connectivity index (χ2n) is 3.45. The number of methoxy groups -OCH3 is 1. The normalized spacial score (nSPS) is 12.9. The highest BCUT2D eigenvalue weighted by molar-refractivity contribution is 5.98. The van der Waals surface area contributed by atoms with Gasteiger partial charge in [-0.15, -0.1) is 0 Å². The van der Waals surface area contributed by atoms with E-state index in [1.807, 2.05) is 0 Å². The second kappa shape index (κ2) is 5.74. The monoisotopic (exact) mass is 237 g/mol. The number of amidine groups is 1. The first-order valence-electron chi connectivity index (χ1n) is 5.00. The predicted octanol–water partition coefficient (Wildman–Crippen LogP) is 0.560. The minimum absolute atomic E-state index is 0.0544. The number of hydrogen-bond acceptors (Lipinski definition) is 4. The Kier molecular flexibility index (Phi) is 4.33. The van der Waals surface area contributed by atoms with Gasteiger partial charge in [0, 0.05) is 5.56 Å². The van der Waals surface area contributed by atoms with Crippen molar-refractivity contribution in [1.29, 1.82) is 0 Å². The van der Waals surface area contributed by atoms with Gasteiger partial charge >= 0.3 is 0 Å². The van der Waals surface area contributed by atoms with Crippen LogP contribution in [-0.4, -0.2) is 30.1 Å². The molecule has 1 amide bonds. The topological polar surface area (TPSA) is 96.9 Å². The van der Waals surface area contributed by atoms with Gasteiger partial charge in [-0.2, -0.15) is 0 Å². The average Bonchev–Trinajstić information content (AvgIpc) is 2.37. The fraction of sp³-hybridized carbons (Fsp3) is 0.273. The molecule has 92 valence electrons. The van der Waals surface area contributed by atoms with Crippen LogP contribution in [-0.2, 0) is 0 Å². The minimum Gasteiger partial charge on any atom is -0.497 e. The Morgan fingerprint density at radius 2 is 2.29 bits per heavy atom. The van der Waals surface area contributed by atoms with Crippen LogP contribution in [0.2, 0.25) is 0 Å². The maximum Gasteiger partial charge on any atom is 0.251 e. The molecule has 6 heteroatoms. The van der Waals surface area contributed by atoms with E-state index in [1.54, 1.807) is 31.2 Å². The number of nitrogens with zero attached hydrogens (tertiary/aromatic N) is 1. The molecule has 0 bridgehead atoms. The fourth-order valence-corrected chi connectivity index (χ4v) is 1.20. The summed E-state index contributed by atoms with van der Waals surface area (Å²) in [6.07, 6.45) is 0. The highest BCUT2D eigenvalue weighted by atomic mass is 16.5. The zero-order chi connectivity index (χ0) is 12.8. The third-order valence-electron chi connectivity index (χ3n) is 2.24. The van der Waals surface area contributed by atoms with E-state index in [0.717, 1.165) is 0 Å². The molecule has 0 saturated carbocycles. The molecule has 4 N–H and O–H groups in total. The first-order chi connectivity index (χ1) is 8.08. The number of carbonyl (C=O) groups is 1. The number of amides is 1. The van der Waals surface area contributed by atoms with Gasteiger partial charge in [0.15, 0.2) is 5.84 Å². The lowest BCUT2D eigenvalue weighted by atomic mass is 10.2. The largest absolute Gasteiger partial charge is 0.497 e. The second-order valence-corrected chi connectivity index (χ2v) is 3.45. The summed E-state index contributed by atoms with van der Waals surface area (Å²) in [6, 6.07) is 6.16. The van der Waals surface area contributed by atoms with Gasteiger partial charge in [-0.3, -0.25) is 4.79 Å². The molecule has 0 aliphatic rings. The summed E-state index contributed by atoms with van der Waals surface area (Å²) in [7, 11) is 1.52. The van der Waals surface area contributed by atoms with Crippen LogP contribution in [0.3, 0.4) is 0 Å². The number of benzene rings is 1. The summed E-state index contributed by atoms with van der Waals surface area (Å²) in [5.41, 5.74) is 5.81. The standard InChI is InChI=1S/C11H15N3O3/c1-7(10(12)14-16)13-11(15)8-4-3-5-9(6-8)17-2/h3-7,16H,1-2H3,(H2,12,14)(H,13,15). The van der Waals surface area contributed by atoms with Gasteiger partial charge < -0.3 is 21.0 Å². The summed E-state index contributed by atoms with van der Waals surface area (Å²) < 4.78 is 5.01. The molecule has 0 saturated heterocycles. The Hall–Kier alpha value is -2.24. The number of rotatable bonds is 4. The first-order valence-corrected chi connectivity index (χ1v) is 5.00. The average molecular weight is 237 g/mol. The number of oxime groups is 1. The summed E-state index contributed by atoms with van der Waals surface area (Å²) in [6.45, 7) is 1.62. The van der Waals surface area contributed by atoms with Gasteiger partial charge in [0.05, 0.1) is 13.2 Å². The quantitative estimate of drug-likeness (QED) is 0.308. The van der Waals surface area contributed by atoms with Gasteiger partial charge in [-0.05, 0) is 25.1 Å². The third kappa shape index (κ3) is 3.37. The Labute approximate surface area is 99.1 Å². The van der Waals surface area contributed by atoms with Gasteiger partial charge in [0.25, 0.3) is 5.91 Å². The molecule has 1 rings (SSSR count). The van der Waals surface area contributed by atoms with Crippen molar-refractivity contribution in [1.82, 2.24) is 5.32 Å². The van der Waals surface area contributed by atoms with Gasteiger partial charge in [0.1, 0.15) is 5.75 Å². The zero-order valence-corrected chi connectivity index (χ0v) is 9.68. The van der Waals surface area contributed by atoms with Crippen LogP contribution in [0.4, 0.5) is 0 Å². The summed E-state index contributed by atoms with van der Waals surface area (Å²) in [5, 5.41) is 13.9. The van der Waals surface area contributed by atoms with Crippen molar-refractivity contribution in [3.63, 3.8) is 0 Å². The van der Waals surface area contributed by atoms with E-state index < -0.39 is 6.04 Å². The highest BCUT2D eigenvalue weighted by Crippen LogP contribution is 2.12. The van der Waals surface area contributed by atoms with Crippen molar-refractivity contribution in [3.8, 4) is 5.75 Å². The molecule has 1 unspecified atom stereocenters. The summed E-state index contributed by atoms with van der Waals surface area (Å²) in [4.78, 5) is 11.8. The van der Waals surface area contributed by atoms with Gasteiger partial charge in [-0.1, -0.05) is 11.2 Å². The Balaban J connectivity index is 2.76. The van der Waals surface area contributed by atoms with E-state index in [9.17, 15) is 4.79 Å². The van der Waals surface area contributed by atoms with Crippen LogP contribution in [0, 0.1) is 0 Å². The molecule has 0 radical (unpaired) electrons. The molecule has 0 aromatic heterocycles. The van der Waals surface area contributed by atoms with Crippen molar-refractivity contribution in [3.05, 3.63) is 29.8 Å². The number of nitrogens with two attached hydrogens (primary N) is 1. The van der Waals surface area contributed by atoms with E-state index in [1.165, 1.54) is 7.11 Å². The van der Waals surface area contributed by atoms with E-state index in [2.05, 4.69) is 10.5 Å². The molecule has 1 atom stereocenters. The Morgan fingerprint density at radius 3 is 2.88 bits per heavy atom. The highest BCUT2D eigenvalue weighted by Gasteiger charge is 2.13. The third-order valence-corrected chi connectivity index (χ3v) is 2.24. The van der Waals surface area contributed by atoms with Crippen LogP contribution in [0.15, 0.2) is 29.4 Å². The maximum atomic E-state index is 11.8. The van der Waals surface area contributed by atoms with E-state index in [0.29, 0.717) is 11.3 Å². The molecule has 17 heavy (non-hydrogen) atoms. The molecule has 6 nitrogen and oxygen atoms in total. The summed E-state index contributed by atoms with van der Waals surface area (Å²) >= 11 is 0. The lowest BCUT2D eigenvalue weighted by Crippen LogP contribution is -2.42. The molecule has 0 fully saturated rings. The Morgan fingerprint density at radius 1 is 1.59 bits per heavy atom. The molecule has 0 spiro atoms. The lowest BCUT2D eigenvalue weighted by molar-refractivity contribution is 0.0948. The van der Waals surface area contributed by atoms with Gasteiger partial charge in [0.2, 0.25) is 0 Å². The van der Waals surface area contributed by atoms with Crippen molar-refractivity contribution in [2.75, 3.05) is 7.11 Å². The molecule has 0 aliphatic heterocycles.